The molecule has 1 saturated heterocycles. The van der Waals surface area contributed by atoms with Crippen LogP contribution < -0.4 is 10.2 Å². The van der Waals surface area contributed by atoms with Crippen LogP contribution in [0.3, 0.4) is 0 Å². The van der Waals surface area contributed by atoms with E-state index in [0.717, 1.165) is 87.8 Å². The average Bonchev–Trinajstić information content (AvgIpc) is 3.83. The normalized spacial score (nSPS) is 15.8. The van der Waals surface area contributed by atoms with Gasteiger partial charge in [0.2, 0.25) is 0 Å². The summed E-state index contributed by atoms with van der Waals surface area (Å²) in [6.07, 6.45) is 8.63. The molecule has 1 atom stereocenters. The maximum Gasteiger partial charge on any atom is 0.309 e. The van der Waals surface area contributed by atoms with E-state index in [9.17, 15) is 4.79 Å². The standard InChI is InChI=1S/C46H47Cl3N6O2/c1-29(51-40-24-31(25-42(56)57-3)14-19-41(40)54-22-20-53(21-23-54)35-12-8-5-9-13-35)44-43(37-18-16-34(48)27-39(37)52-44)46-45(32-10-6-4-7-11-32)50-28-55(46)30(2)36-17-15-33(47)26-38(36)49/h4,6-7,10-11,14-19,24,26-28,30,35,51-52H,1,5,8-9,12-13,20-23,25H2,2-3H3/t30-/m0/s1. The first kappa shape index (κ1) is 39.1. The molecule has 4 aromatic carbocycles. The third-order valence-corrected chi connectivity index (χ3v) is 12.4. The number of imidazole rings is 1. The van der Waals surface area contributed by atoms with Crippen molar-refractivity contribution in [2.75, 3.05) is 43.5 Å². The van der Waals surface area contributed by atoms with E-state index in [0.29, 0.717) is 26.8 Å². The molecule has 57 heavy (non-hydrogen) atoms. The molecule has 8 nitrogen and oxygen atoms in total. The molecule has 6 aromatic rings. The molecule has 0 bridgehead atoms. The molecule has 0 spiro atoms. The first-order chi connectivity index (χ1) is 27.7. The number of piperazine rings is 1. The molecule has 1 saturated carbocycles. The van der Waals surface area contributed by atoms with Gasteiger partial charge in [0.15, 0.2) is 0 Å². The summed E-state index contributed by atoms with van der Waals surface area (Å²) >= 11 is 19.8. The van der Waals surface area contributed by atoms with E-state index in [1.807, 2.05) is 67.0 Å². The van der Waals surface area contributed by atoms with E-state index in [4.69, 9.17) is 44.5 Å². The molecule has 3 heterocycles. The summed E-state index contributed by atoms with van der Waals surface area (Å²) in [5.74, 6) is -0.292. The van der Waals surface area contributed by atoms with Crippen molar-refractivity contribution >= 4 is 68.7 Å². The summed E-state index contributed by atoms with van der Waals surface area (Å²) in [5, 5.41) is 6.46. The molecule has 1 aliphatic heterocycles. The molecule has 0 radical (unpaired) electrons. The second kappa shape index (κ2) is 17.0. The Bertz CT molecular complexity index is 2410. The van der Waals surface area contributed by atoms with Gasteiger partial charge in [-0.05, 0) is 67.3 Å². The van der Waals surface area contributed by atoms with Gasteiger partial charge < -0.3 is 24.5 Å². The van der Waals surface area contributed by atoms with Crippen molar-refractivity contribution in [2.45, 2.75) is 57.5 Å². The SMILES string of the molecule is C=C(Nc1cc(CC(=O)OC)ccc1N1CCN(C2CCCCC2)CC1)c1[nH]c2cc(Cl)ccc2c1-c1c(-c2ccccc2)ncn1[C@@H](C)c1ccc(Cl)cc1Cl. The topological polar surface area (TPSA) is 78.4 Å². The van der Waals surface area contributed by atoms with Gasteiger partial charge in [-0.2, -0.15) is 0 Å². The number of rotatable bonds is 11. The fourth-order valence-electron chi connectivity index (χ4n) is 8.65. The summed E-state index contributed by atoms with van der Waals surface area (Å²) in [6, 6.07) is 28.3. The number of aromatic nitrogens is 3. The molecule has 2 aliphatic rings. The summed E-state index contributed by atoms with van der Waals surface area (Å²) in [6.45, 7) is 10.6. The Morgan fingerprint density at radius 3 is 2.40 bits per heavy atom. The van der Waals surface area contributed by atoms with Gasteiger partial charge in [0.05, 0.1) is 60.1 Å². The predicted molar refractivity (Wildman–Crippen MR) is 236 cm³/mol. The van der Waals surface area contributed by atoms with E-state index in [1.54, 1.807) is 6.07 Å². The van der Waals surface area contributed by atoms with Gasteiger partial charge in [0, 0.05) is 69.3 Å². The van der Waals surface area contributed by atoms with E-state index in [1.165, 1.54) is 39.2 Å². The highest BCUT2D eigenvalue weighted by atomic mass is 35.5. The largest absolute Gasteiger partial charge is 0.469 e. The van der Waals surface area contributed by atoms with Crippen LogP contribution in [0.5, 0.6) is 0 Å². The molecule has 294 valence electrons. The number of carbonyl (C=O) groups is 1. The molecule has 0 unspecified atom stereocenters. The van der Waals surface area contributed by atoms with Gasteiger partial charge in [-0.1, -0.05) is 109 Å². The van der Waals surface area contributed by atoms with Crippen molar-refractivity contribution < 1.29 is 9.53 Å². The second-order valence-corrected chi connectivity index (χ2v) is 16.4. The first-order valence-electron chi connectivity index (χ1n) is 19.7. The van der Waals surface area contributed by atoms with Crippen LogP contribution >= 0.6 is 34.8 Å². The predicted octanol–water partition coefficient (Wildman–Crippen LogP) is 11.5. The fourth-order valence-corrected chi connectivity index (χ4v) is 9.39. The molecule has 0 amide bonds. The zero-order valence-corrected chi connectivity index (χ0v) is 34.6. The number of carbonyl (C=O) groups excluding carboxylic acids is 1. The van der Waals surface area contributed by atoms with Crippen LogP contribution in [0.1, 0.15) is 61.9 Å². The van der Waals surface area contributed by atoms with Gasteiger partial charge in [-0.3, -0.25) is 9.69 Å². The molecular weight excluding hydrogens is 775 g/mol. The Balaban J connectivity index is 1.23. The average molecular weight is 822 g/mol. The van der Waals surface area contributed by atoms with Gasteiger partial charge in [0.1, 0.15) is 0 Å². The number of methoxy groups -OCH3 is 1. The van der Waals surface area contributed by atoms with Crippen LogP contribution in [-0.2, 0) is 16.0 Å². The fraction of sp³-hybridized carbons (Fsp3) is 0.304. The first-order valence-corrected chi connectivity index (χ1v) is 20.9. The van der Waals surface area contributed by atoms with Gasteiger partial charge in [0.25, 0.3) is 0 Å². The van der Waals surface area contributed by atoms with Crippen LogP contribution in [0.4, 0.5) is 11.4 Å². The Kier molecular flexibility index (Phi) is 11.7. The van der Waals surface area contributed by atoms with Crippen LogP contribution in [0.15, 0.2) is 97.8 Å². The Labute approximate surface area is 349 Å². The highest BCUT2D eigenvalue weighted by Gasteiger charge is 2.29. The number of halogens is 3. The van der Waals surface area contributed by atoms with Crippen molar-refractivity contribution in [3.8, 4) is 22.5 Å². The third-order valence-electron chi connectivity index (χ3n) is 11.6. The second-order valence-electron chi connectivity index (χ2n) is 15.1. The summed E-state index contributed by atoms with van der Waals surface area (Å²) in [4.78, 5) is 26.3. The number of hydrogen-bond donors (Lipinski definition) is 2. The number of nitrogens with one attached hydrogen (secondary N) is 2. The molecule has 8 rings (SSSR count). The number of H-pyrrole nitrogens is 1. The number of hydrogen-bond acceptors (Lipinski definition) is 6. The zero-order valence-electron chi connectivity index (χ0n) is 32.3. The van der Waals surface area contributed by atoms with Crippen LogP contribution in [0, 0.1) is 0 Å². The minimum Gasteiger partial charge on any atom is -0.469 e. The maximum atomic E-state index is 12.5. The van der Waals surface area contributed by atoms with Gasteiger partial charge in [-0.15, -0.1) is 0 Å². The Morgan fingerprint density at radius 2 is 1.67 bits per heavy atom. The highest BCUT2D eigenvalue weighted by molar-refractivity contribution is 6.35. The molecule has 2 N–H and O–H groups in total. The van der Waals surface area contributed by atoms with Crippen molar-refractivity contribution in [1.29, 1.82) is 0 Å². The van der Waals surface area contributed by atoms with Crippen LogP contribution in [-0.4, -0.2) is 64.7 Å². The van der Waals surface area contributed by atoms with Crippen LogP contribution in [0.25, 0.3) is 39.1 Å². The lowest BCUT2D eigenvalue weighted by Gasteiger charge is -2.42. The van der Waals surface area contributed by atoms with Crippen molar-refractivity contribution in [3.05, 3.63) is 130 Å². The molecule has 2 fully saturated rings. The number of nitrogens with zero attached hydrogens (tertiary/aromatic N) is 4. The number of esters is 1. The Hall–Kier alpha value is -4.73. The minimum absolute atomic E-state index is 0.161. The zero-order chi connectivity index (χ0) is 39.6. The monoisotopic (exact) mass is 820 g/mol. The van der Waals surface area contributed by atoms with E-state index in [-0.39, 0.29) is 18.4 Å². The summed E-state index contributed by atoms with van der Waals surface area (Å²) in [5.41, 5.74) is 9.59. The van der Waals surface area contributed by atoms with E-state index >= 15 is 0 Å². The van der Waals surface area contributed by atoms with Gasteiger partial charge in [-0.25, -0.2) is 4.98 Å². The van der Waals surface area contributed by atoms with Crippen LogP contribution in [0.2, 0.25) is 15.1 Å². The summed E-state index contributed by atoms with van der Waals surface area (Å²) < 4.78 is 7.22. The van der Waals surface area contributed by atoms with Gasteiger partial charge >= 0.3 is 5.97 Å². The van der Waals surface area contributed by atoms with Crippen molar-refractivity contribution in [2.24, 2.45) is 0 Å². The molecule has 2 aromatic heterocycles. The molecule has 1 aliphatic carbocycles. The quantitative estimate of drug-likeness (QED) is 0.127. The number of benzene rings is 4. The van der Waals surface area contributed by atoms with Crippen molar-refractivity contribution in [3.63, 3.8) is 0 Å². The third kappa shape index (κ3) is 8.19. The minimum atomic E-state index is -0.292. The van der Waals surface area contributed by atoms with Crippen molar-refractivity contribution in [1.82, 2.24) is 19.4 Å². The van der Waals surface area contributed by atoms with E-state index < -0.39 is 0 Å². The highest BCUT2D eigenvalue weighted by Crippen LogP contribution is 2.44. The molecular formula is C46H47Cl3N6O2. The maximum absolute atomic E-state index is 12.5. The lowest BCUT2D eigenvalue weighted by atomic mass is 9.94. The number of ether oxygens (including phenoxy) is 1. The van der Waals surface area contributed by atoms with E-state index in [2.05, 4.69) is 56.4 Å². The number of fused-ring (bicyclic) bond motifs is 1. The lowest BCUT2D eigenvalue weighted by molar-refractivity contribution is -0.139. The molecule has 11 heteroatoms. The number of aromatic amines is 1. The summed E-state index contributed by atoms with van der Waals surface area (Å²) in [7, 11) is 1.42. The Morgan fingerprint density at radius 1 is 0.930 bits per heavy atom. The lowest BCUT2D eigenvalue weighted by Crippen LogP contribution is -2.51. The smallest absolute Gasteiger partial charge is 0.309 e. The number of anilines is 2.